The van der Waals surface area contributed by atoms with Gasteiger partial charge in [0.05, 0.1) is 4.88 Å². The van der Waals surface area contributed by atoms with Crippen LogP contribution in [0.25, 0.3) is 0 Å². The Hall–Kier alpha value is -0.150. The Morgan fingerprint density at radius 1 is 1.53 bits per heavy atom. The van der Waals surface area contributed by atoms with E-state index >= 15 is 0 Å². The Bertz CT molecular complexity index is 344. The third kappa shape index (κ3) is 2.70. The molecule has 0 aliphatic heterocycles. The van der Waals surface area contributed by atoms with E-state index in [1.165, 1.54) is 30.6 Å². The van der Waals surface area contributed by atoms with Gasteiger partial charge >= 0.3 is 0 Å². The second kappa shape index (κ2) is 4.79. The third-order valence-electron chi connectivity index (χ3n) is 3.08. The van der Waals surface area contributed by atoms with Crippen LogP contribution in [-0.4, -0.2) is 5.78 Å². The van der Waals surface area contributed by atoms with Gasteiger partial charge < -0.3 is 0 Å². The van der Waals surface area contributed by atoms with Crippen molar-refractivity contribution in [3.8, 4) is 0 Å². The van der Waals surface area contributed by atoms with Gasteiger partial charge in [-0.25, -0.2) is 0 Å². The van der Waals surface area contributed by atoms with E-state index < -0.39 is 0 Å². The molecule has 1 aromatic heterocycles. The molecule has 2 rings (SSSR count). The maximum Gasteiger partial charge on any atom is 0.173 e. The van der Waals surface area contributed by atoms with Crippen LogP contribution in [0.4, 0.5) is 0 Å². The monoisotopic (exact) mass is 286 g/mol. The van der Waals surface area contributed by atoms with Crippen LogP contribution in [0.2, 0.25) is 0 Å². The number of thiophene rings is 1. The first kappa shape index (κ1) is 11.3. The van der Waals surface area contributed by atoms with Crippen LogP contribution in [-0.2, 0) is 0 Å². The van der Waals surface area contributed by atoms with E-state index in [9.17, 15) is 4.79 Å². The van der Waals surface area contributed by atoms with Gasteiger partial charge in [-0.15, -0.1) is 11.3 Å². The molecule has 1 heterocycles. The SMILES string of the molecule is Cc1sc(C(=O)CC2CCCC2)cc1Br. The standard InChI is InChI=1S/C12H15BrOS/c1-8-10(13)7-12(15-8)11(14)6-9-4-2-3-5-9/h7,9H,2-6H2,1H3. The van der Waals surface area contributed by atoms with Crippen molar-refractivity contribution < 1.29 is 4.79 Å². The van der Waals surface area contributed by atoms with Gasteiger partial charge in [0.15, 0.2) is 5.78 Å². The number of hydrogen-bond donors (Lipinski definition) is 0. The average molecular weight is 287 g/mol. The average Bonchev–Trinajstić information content (AvgIpc) is 2.78. The Balaban J connectivity index is 2.00. The van der Waals surface area contributed by atoms with Crippen molar-refractivity contribution >= 4 is 33.0 Å². The van der Waals surface area contributed by atoms with Crippen molar-refractivity contribution in [2.45, 2.75) is 39.0 Å². The second-order valence-electron chi connectivity index (χ2n) is 4.29. The van der Waals surface area contributed by atoms with Gasteiger partial charge in [-0.1, -0.05) is 25.7 Å². The highest BCUT2D eigenvalue weighted by Crippen LogP contribution is 2.32. The second-order valence-corrected chi connectivity index (χ2v) is 6.40. The summed E-state index contributed by atoms with van der Waals surface area (Å²) >= 11 is 5.06. The minimum Gasteiger partial charge on any atom is -0.293 e. The quantitative estimate of drug-likeness (QED) is 0.743. The van der Waals surface area contributed by atoms with Crippen LogP contribution < -0.4 is 0 Å². The molecule has 1 aromatic rings. The molecule has 1 saturated carbocycles. The number of hydrogen-bond acceptors (Lipinski definition) is 2. The number of halogens is 1. The van der Waals surface area contributed by atoms with E-state index in [2.05, 4.69) is 15.9 Å². The van der Waals surface area contributed by atoms with Crippen LogP contribution in [0.3, 0.4) is 0 Å². The number of carbonyl (C=O) groups is 1. The van der Waals surface area contributed by atoms with Gasteiger partial charge in [0.1, 0.15) is 0 Å². The highest BCUT2D eigenvalue weighted by molar-refractivity contribution is 9.10. The zero-order valence-electron chi connectivity index (χ0n) is 8.88. The lowest BCUT2D eigenvalue weighted by atomic mass is 10.0. The van der Waals surface area contributed by atoms with E-state index in [-0.39, 0.29) is 0 Å². The van der Waals surface area contributed by atoms with E-state index in [0.29, 0.717) is 11.7 Å². The number of ketones is 1. The highest BCUT2D eigenvalue weighted by Gasteiger charge is 2.20. The number of aryl methyl sites for hydroxylation is 1. The summed E-state index contributed by atoms with van der Waals surface area (Å²) in [6.07, 6.45) is 5.87. The lowest BCUT2D eigenvalue weighted by Crippen LogP contribution is -2.03. The summed E-state index contributed by atoms with van der Waals surface area (Å²) < 4.78 is 1.07. The molecule has 0 N–H and O–H groups in total. The largest absolute Gasteiger partial charge is 0.293 e. The molecule has 0 amide bonds. The summed E-state index contributed by atoms with van der Waals surface area (Å²) in [6, 6.07) is 1.97. The number of carbonyl (C=O) groups excluding carboxylic acids is 1. The van der Waals surface area contributed by atoms with Crippen LogP contribution in [0, 0.1) is 12.8 Å². The van der Waals surface area contributed by atoms with Gasteiger partial charge in [0.25, 0.3) is 0 Å². The maximum absolute atomic E-state index is 12.0. The van der Waals surface area contributed by atoms with Crippen LogP contribution in [0.15, 0.2) is 10.5 Å². The first-order valence-electron chi connectivity index (χ1n) is 5.46. The van der Waals surface area contributed by atoms with Crippen LogP contribution in [0.5, 0.6) is 0 Å². The molecule has 0 bridgehead atoms. The smallest absolute Gasteiger partial charge is 0.173 e. The molecule has 0 spiro atoms. The zero-order valence-corrected chi connectivity index (χ0v) is 11.3. The first-order chi connectivity index (χ1) is 7.16. The summed E-state index contributed by atoms with van der Waals surface area (Å²) in [5.41, 5.74) is 0. The minimum atomic E-state index is 0.334. The number of rotatable bonds is 3. The molecule has 82 valence electrons. The minimum absolute atomic E-state index is 0.334. The van der Waals surface area contributed by atoms with E-state index in [0.717, 1.165) is 15.8 Å². The number of Topliss-reactive ketones (excluding diaryl/α,β-unsaturated/α-hetero) is 1. The topological polar surface area (TPSA) is 17.1 Å². The molecule has 3 heteroatoms. The predicted molar refractivity (Wildman–Crippen MR) is 67.7 cm³/mol. The molecule has 0 saturated heterocycles. The summed E-state index contributed by atoms with van der Waals surface area (Å²) in [6.45, 7) is 2.04. The van der Waals surface area contributed by atoms with Crippen molar-refractivity contribution in [3.05, 3.63) is 20.3 Å². The molecule has 1 nitrogen and oxygen atoms in total. The molecule has 0 unspecified atom stereocenters. The summed E-state index contributed by atoms with van der Waals surface area (Å²) in [5, 5.41) is 0. The summed E-state index contributed by atoms with van der Waals surface area (Å²) in [4.78, 5) is 14.1. The van der Waals surface area contributed by atoms with Gasteiger partial charge in [-0.05, 0) is 34.8 Å². The maximum atomic E-state index is 12.0. The molecule has 0 atom stereocenters. The third-order valence-corrected chi connectivity index (χ3v) is 5.26. The molecule has 0 radical (unpaired) electrons. The Morgan fingerprint density at radius 3 is 2.73 bits per heavy atom. The highest BCUT2D eigenvalue weighted by atomic mass is 79.9. The molecule has 15 heavy (non-hydrogen) atoms. The van der Waals surface area contributed by atoms with E-state index in [4.69, 9.17) is 0 Å². The molecule has 1 aliphatic carbocycles. The Morgan fingerprint density at radius 2 is 2.20 bits per heavy atom. The predicted octanol–water partition coefficient (Wildman–Crippen LogP) is 4.58. The molecular formula is C12H15BrOS. The molecule has 1 fully saturated rings. The lowest BCUT2D eigenvalue weighted by molar-refractivity contribution is 0.0966. The normalized spacial score (nSPS) is 17.2. The van der Waals surface area contributed by atoms with Crippen molar-refractivity contribution in [2.75, 3.05) is 0 Å². The summed E-state index contributed by atoms with van der Waals surface area (Å²) in [7, 11) is 0. The fourth-order valence-electron chi connectivity index (χ4n) is 2.17. The molecular weight excluding hydrogens is 272 g/mol. The van der Waals surface area contributed by atoms with E-state index in [1.54, 1.807) is 11.3 Å². The lowest BCUT2D eigenvalue weighted by Gasteiger charge is -2.05. The fraction of sp³-hybridized carbons (Fsp3) is 0.583. The Labute approximate surface area is 103 Å². The Kier molecular flexibility index (Phi) is 3.62. The molecule has 1 aliphatic rings. The van der Waals surface area contributed by atoms with Crippen molar-refractivity contribution in [2.24, 2.45) is 5.92 Å². The first-order valence-corrected chi connectivity index (χ1v) is 7.07. The summed E-state index contributed by atoms with van der Waals surface area (Å²) in [5.74, 6) is 0.986. The van der Waals surface area contributed by atoms with Crippen LogP contribution in [0.1, 0.15) is 46.7 Å². The fourth-order valence-corrected chi connectivity index (χ4v) is 3.66. The van der Waals surface area contributed by atoms with Gasteiger partial charge in [0, 0.05) is 15.8 Å². The van der Waals surface area contributed by atoms with Gasteiger partial charge in [0.2, 0.25) is 0 Å². The van der Waals surface area contributed by atoms with Gasteiger partial charge in [-0.2, -0.15) is 0 Å². The van der Waals surface area contributed by atoms with Gasteiger partial charge in [-0.3, -0.25) is 4.79 Å². The van der Waals surface area contributed by atoms with E-state index in [1.807, 2.05) is 13.0 Å². The van der Waals surface area contributed by atoms with Crippen molar-refractivity contribution in [1.29, 1.82) is 0 Å². The van der Waals surface area contributed by atoms with Crippen molar-refractivity contribution in [3.63, 3.8) is 0 Å². The van der Waals surface area contributed by atoms with Crippen LogP contribution >= 0.6 is 27.3 Å². The zero-order chi connectivity index (χ0) is 10.8. The van der Waals surface area contributed by atoms with Crippen molar-refractivity contribution in [1.82, 2.24) is 0 Å². The molecule has 0 aromatic carbocycles.